The Hall–Kier alpha value is -1.95. The van der Waals surface area contributed by atoms with Gasteiger partial charge in [-0.1, -0.05) is 0 Å². The monoisotopic (exact) mass is 184 g/mol. The molecule has 0 fully saturated rings. The molecule has 0 heterocycles. The molecule has 0 spiro atoms. The van der Waals surface area contributed by atoms with Crippen molar-refractivity contribution in [3.63, 3.8) is 0 Å². The first-order valence-corrected chi connectivity index (χ1v) is 3.07. The van der Waals surface area contributed by atoms with Crippen LogP contribution in [0.25, 0.3) is 0 Å². The van der Waals surface area contributed by atoms with Gasteiger partial charge in [-0.15, -0.1) is 0 Å². The van der Waals surface area contributed by atoms with Crippen LogP contribution in [0.1, 0.15) is 10.4 Å². The highest BCUT2D eigenvalue weighted by molar-refractivity contribution is 5.85. The normalized spacial score (nSPS) is 8.62. The number of non-ortho nitro benzene ring substituents is 1. The van der Waals surface area contributed by atoms with Crippen LogP contribution in [0.3, 0.4) is 0 Å². The van der Waals surface area contributed by atoms with E-state index in [9.17, 15) is 20.0 Å². The molecule has 0 unspecified atom stereocenters. The maximum absolute atomic E-state index is 10.2. The van der Waals surface area contributed by atoms with Crippen molar-refractivity contribution >= 4 is 11.7 Å². The average Bonchev–Trinajstić information content (AvgIpc) is 2.04. The fourth-order valence-electron chi connectivity index (χ4n) is 0.719. The lowest BCUT2D eigenvalue weighted by atomic mass is 10.2. The predicted molar refractivity (Wildman–Crippen MR) is 43.4 cm³/mol. The van der Waals surface area contributed by atoms with E-state index in [-0.39, 0.29) is 17.4 Å². The van der Waals surface area contributed by atoms with Crippen LogP contribution in [0.5, 0.6) is 0 Å². The van der Waals surface area contributed by atoms with E-state index in [1.165, 1.54) is 0 Å². The smallest absolute Gasteiger partial charge is 0.269 e. The van der Waals surface area contributed by atoms with Gasteiger partial charge in [0.15, 0.2) is 0 Å². The Morgan fingerprint density at radius 2 is 1.69 bits per heavy atom. The van der Waals surface area contributed by atoms with E-state index in [2.05, 4.69) is 0 Å². The summed E-state index contributed by atoms with van der Waals surface area (Å²) >= 11 is 0. The maximum atomic E-state index is 10.2. The Labute approximate surface area is 73.5 Å². The third kappa shape index (κ3) is 2.53. The molecule has 0 bridgehead atoms. The van der Waals surface area contributed by atoms with E-state index in [1.54, 1.807) is 0 Å². The number of nitro benzene ring substituents is 1. The molecular weight excluding hydrogens is 176 g/mol. The standard InChI is InChI=1S/C7H5NO4.H3N/c9-7(10)5-1-3-6(4-2-5)8(11)12;/h1-4H,(H,9,10);1H3. The lowest BCUT2D eigenvalue weighted by Crippen LogP contribution is -2.21. The van der Waals surface area contributed by atoms with Gasteiger partial charge < -0.3 is 16.1 Å². The summed E-state index contributed by atoms with van der Waals surface area (Å²) in [6.07, 6.45) is 0. The second-order valence-corrected chi connectivity index (χ2v) is 2.09. The largest absolute Gasteiger partial charge is 0.545 e. The third-order valence-electron chi connectivity index (χ3n) is 1.31. The Bertz CT molecular complexity index is 287. The van der Waals surface area contributed by atoms with Gasteiger partial charge in [0.1, 0.15) is 0 Å². The van der Waals surface area contributed by atoms with Crippen molar-refractivity contribution in [2.45, 2.75) is 0 Å². The van der Waals surface area contributed by atoms with Crippen LogP contribution in [-0.2, 0) is 0 Å². The molecule has 0 aliphatic carbocycles. The van der Waals surface area contributed by atoms with Gasteiger partial charge in [0.25, 0.3) is 5.69 Å². The molecule has 1 rings (SSSR count). The highest BCUT2D eigenvalue weighted by Crippen LogP contribution is 2.10. The van der Waals surface area contributed by atoms with Crippen molar-refractivity contribution < 1.29 is 14.8 Å². The zero-order valence-corrected chi connectivity index (χ0v) is 6.89. The molecule has 0 aliphatic rings. The van der Waals surface area contributed by atoms with E-state index in [1.807, 2.05) is 0 Å². The number of hydrogen-bond acceptors (Lipinski definition) is 4. The van der Waals surface area contributed by atoms with E-state index in [0.29, 0.717) is 0 Å². The number of aromatic carboxylic acids is 1. The topological polar surface area (TPSA) is 120 Å². The molecule has 70 valence electrons. The fourth-order valence-corrected chi connectivity index (χ4v) is 0.719. The second-order valence-electron chi connectivity index (χ2n) is 2.09. The second kappa shape index (κ2) is 4.17. The number of carboxylic acids is 1. The van der Waals surface area contributed by atoms with Crippen LogP contribution in [-0.4, -0.2) is 10.9 Å². The molecule has 1 aromatic rings. The molecule has 4 N–H and O–H groups in total. The van der Waals surface area contributed by atoms with Gasteiger partial charge in [0.05, 0.1) is 10.9 Å². The lowest BCUT2D eigenvalue weighted by molar-refractivity contribution is -0.384. The average molecular weight is 184 g/mol. The van der Waals surface area contributed by atoms with Gasteiger partial charge in [-0.25, -0.2) is 0 Å². The first kappa shape index (κ1) is 11.1. The number of quaternary nitrogens is 1. The summed E-state index contributed by atoms with van der Waals surface area (Å²) in [5, 5.41) is 20.3. The molecule has 6 nitrogen and oxygen atoms in total. The van der Waals surface area contributed by atoms with Crippen molar-refractivity contribution in [3.05, 3.63) is 39.9 Å². The molecule has 0 radical (unpaired) electrons. The number of rotatable bonds is 2. The molecule has 0 amide bonds. The molecule has 0 aliphatic heterocycles. The molecule has 0 atom stereocenters. The van der Waals surface area contributed by atoms with Crippen molar-refractivity contribution in [2.24, 2.45) is 0 Å². The Morgan fingerprint density at radius 1 is 1.23 bits per heavy atom. The molecule has 6 heteroatoms. The summed E-state index contributed by atoms with van der Waals surface area (Å²) in [6, 6.07) is 4.50. The summed E-state index contributed by atoms with van der Waals surface area (Å²) in [4.78, 5) is 19.7. The van der Waals surface area contributed by atoms with Crippen LogP contribution in [0.4, 0.5) is 5.69 Å². The molecular formula is C7H8N2O4. The van der Waals surface area contributed by atoms with Crippen molar-refractivity contribution in [1.82, 2.24) is 6.15 Å². The van der Waals surface area contributed by atoms with E-state index < -0.39 is 10.9 Å². The molecule has 0 saturated heterocycles. The van der Waals surface area contributed by atoms with E-state index in [4.69, 9.17) is 0 Å². The SMILES string of the molecule is O=C([O-])c1ccc([N+](=O)[O-])cc1.[NH4+]. The zero-order chi connectivity index (χ0) is 9.14. The summed E-state index contributed by atoms with van der Waals surface area (Å²) in [7, 11) is 0. The number of nitro groups is 1. The molecule has 0 aromatic heterocycles. The first-order chi connectivity index (χ1) is 5.61. The van der Waals surface area contributed by atoms with Crippen molar-refractivity contribution in [3.8, 4) is 0 Å². The number of carbonyl (C=O) groups excluding carboxylic acids is 1. The summed E-state index contributed by atoms with van der Waals surface area (Å²) in [6.45, 7) is 0. The first-order valence-electron chi connectivity index (χ1n) is 3.07. The van der Waals surface area contributed by atoms with Gasteiger partial charge in [0, 0.05) is 12.1 Å². The summed E-state index contributed by atoms with van der Waals surface area (Å²) < 4.78 is 0. The van der Waals surface area contributed by atoms with Gasteiger partial charge in [-0.05, 0) is 17.7 Å². The minimum atomic E-state index is -1.34. The van der Waals surface area contributed by atoms with Crippen molar-refractivity contribution in [2.75, 3.05) is 0 Å². The number of carbonyl (C=O) groups is 1. The van der Waals surface area contributed by atoms with Gasteiger partial charge in [-0.2, -0.15) is 0 Å². The maximum Gasteiger partial charge on any atom is 0.269 e. The molecule has 1 aromatic carbocycles. The summed E-state index contributed by atoms with van der Waals surface area (Å²) in [5.41, 5.74) is -0.208. The summed E-state index contributed by atoms with van der Waals surface area (Å²) in [5.74, 6) is -1.34. The lowest BCUT2D eigenvalue weighted by Gasteiger charge is -1.99. The Morgan fingerprint density at radius 3 is 2.00 bits per heavy atom. The van der Waals surface area contributed by atoms with Crippen LogP contribution in [0.15, 0.2) is 24.3 Å². The van der Waals surface area contributed by atoms with Crippen LogP contribution < -0.4 is 11.3 Å². The quantitative estimate of drug-likeness (QED) is 0.525. The van der Waals surface area contributed by atoms with E-state index in [0.717, 1.165) is 24.3 Å². The highest BCUT2D eigenvalue weighted by atomic mass is 16.6. The van der Waals surface area contributed by atoms with Gasteiger partial charge in [-0.3, -0.25) is 10.1 Å². The Kier molecular flexibility index (Phi) is 3.54. The van der Waals surface area contributed by atoms with Crippen LogP contribution in [0.2, 0.25) is 0 Å². The number of carboxylic acid groups (broad SMARTS) is 1. The number of hydrogen-bond donors (Lipinski definition) is 1. The number of nitrogens with zero attached hydrogens (tertiary/aromatic N) is 1. The molecule has 0 saturated carbocycles. The zero-order valence-electron chi connectivity index (χ0n) is 6.89. The van der Waals surface area contributed by atoms with Gasteiger partial charge in [0.2, 0.25) is 0 Å². The van der Waals surface area contributed by atoms with Crippen molar-refractivity contribution in [1.29, 1.82) is 0 Å². The van der Waals surface area contributed by atoms with Crippen LogP contribution in [0, 0.1) is 10.1 Å². The fraction of sp³-hybridized carbons (Fsp3) is 0. The molecule has 13 heavy (non-hydrogen) atoms. The predicted octanol–water partition coefficient (Wildman–Crippen LogP) is 0.334. The van der Waals surface area contributed by atoms with E-state index >= 15 is 0 Å². The number of benzene rings is 1. The van der Waals surface area contributed by atoms with Gasteiger partial charge >= 0.3 is 0 Å². The van der Waals surface area contributed by atoms with Crippen LogP contribution >= 0.6 is 0 Å². The minimum Gasteiger partial charge on any atom is -0.545 e. The third-order valence-corrected chi connectivity index (χ3v) is 1.31. The minimum absolute atomic E-state index is 0. The Balaban J connectivity index is 0.00000144. The highest BCUT2D eigenvalue weighted by Gasteiger charge is 2.03.